The standard InChI is InChI=1S/C14H18O3/c1-2-17-14(16)13-9-7-12(8-10-13)6-4-3-5-11-15/h7-11H,2-6H2,1H3. The second kappa shape index (κ2) is 7.60. The summed E-state index contributed by atoms with van der Waals surface area (Å²) in [6.07, 6.45) is 4.43. The lowest BCUT2D eigenvalue weighted by molar-refractivity contribution is -0.107. The average Bonchev–Trinajstić information content (AvgIpc) is 2.36. The number of esters is 1. The summed E-state index contributed by atoms with van der Waals surface area (Å²) in [5, 5.41) is 0. The second-order valence-corrected chi connectivity index (χ2v) is 3.83. The number of benzene rings is 1. The van der Waals surface area contributed by atoms with Gasteiger partial charge in [-0.3, -0.25) is 0 Å². The summed E-state index contributed by atoms with van der Waals surface area (Å²) in [5.74, 6) is -0.278. The normalized spacial score (nSPS) is 9.94. The van der Waals surface area contributed by atoms with E-state index >= 15 is 0 Å². The summed E-state index contributed by atoms with van der Waals surface area (Å²) in [4.78, 5) is 21.5. The minimum absolute atomic E-state index is 0.278. The molecule has 17 heavy (non-hydrogen) atoms. The van der Waals surface area contributed by atoms with Crippen LogP contribution in [0.15, 0.2) is 24.3 Å². The van der Waals surface area contributed by atoms with E-state index in [4.69, 9.17) is 4.74 Å². The number of carbonyl (C=O) groups excluding carboxylic acids is 2. The maximum Gasteiger partial charge on any atom is 0.338 e. The van der Waals surface area contributed by atoms with E-state index in [0.29, 0.717) is 18.6 Å². The molecule has 0 radical (unpaired) electrons. The molecule has 0 aromatic heterocycles. The summed E-state index contributed by atoms with van der Waals surface area (Å²) >= 11 is 0. The van der Waals surface area contributed by atoms with E-state index in [9.17, 15) is 9.59 Å². The molecular formula is C14H18O3. The largest absolute Gasteiger partial charge is 0.462 e. The van der Waals surface area contributed by atoms with Crippen LogP contribution in [0.25, 0.3) is 0 Å². The number of aryl methyl sites for hydroxylation is 1. The van der Waals surface area contributed by atoms with Gasteiger partial charge in [0.2, 0.25) is 0 Å². The van der Waals surface area contributed by atoms with Crippen LogP contribution in [0, 0.1) is 0 Å². The van der Waals surface area contributed by atoms with Crippen LogP contribution in [0.3, 0.4) is 0 Å². The first-order chi connectivity index (χ1) is 8.27. The highest BCUT2D eigenvalue weighted by molar-refractivity contribution is 5.89. The van der Waals surface area contributed by atoms with Gasteiger partial charge in [0, 0.05) is 6.42 Å². The topological polar surface area (TPSA) is 43.4 Å². The van der Waals surface area contributed by atoms with E-state index in [1.807, 2.05) is 12.1 Å². The molecule has 3 nitrogen and oxygen atoms in total. The van der Waals surface area contributed by atoms with E-state index in [-0.39, 0.29) is 5.97 Å². The third-order valence-electron chi connectivity index (χ3n) is 2.50. The molecule has 0 bridgehead atoms. The quantitative estimate of drug-likeness (QED) is 0.414. The minimum Gasteiger partial charge on any atom is -0.462 e. The van der Waals surface area contributed by atoms with Crippen molar-refractivity contribution in [3.63, 3.8) is 0 Å². The Morgan fingerprint density at radius 1 is 1.24 bits per heavy atom. The van der Waals surface area contributed by atoms with Gasteiger partial charge in [0.25, 0.3) is 0 Å². The van der Waals surface area contributed by atoms with Gasteiger partial charge in [0.1, 0.15) is 6.29 Å². The van der Waals surface area contributed by atoms with Crippen molar-refractivity contribution in [3.8, 4) is 0 Å². The predicted octanol–water partition coefficient (Wildman–Crippen LogP) is 2.78. The summed E-state index contributed by atoms with van der Waals surface area (Å²) in [7, 11) is 0. The van der Waals surface area contributed by atoms with Crippen LogP contribution in [0.1, 0.15) is 42.1 Å². The Kier molecular flexibility index (Phi) is 6.00. The molecule has 0 heterocycles. The molecular weight excluding hydrogens is 216 g/mol. The lowest BCUT2D eigenvalue weighted by Gasteiger charge is -2.03. The van der Waals surface area contributed by atoms with E-state index < -0.39 is 0 Å². The number of aldehydes is 1. The monoisotopic (exact) mass is 234 g/mol. The van der Waals surface area contributed by atoms with E-state index in [1.54, 1.807) is 19.1 Å². The Morgan fingerprint density at radius 2 is 1.94 bits per heavy atom. The SMILES string of the molecule is CCOC(=O)c1ccc(CCCCC=O)cc1. The van der Waals surface area contributed by atoms with Gasteiger partial charge in [-0.15, -0.1) is 0 Å². The van der Waals surface area contributed by atoms with Gasteiger partial charge in [-0.05, 0) is 43.9 Å². The van der Waals surface area contributed by atoms with E-state index in [1.165, 1.54) is 5.56 Å². The first kappa shape index (κ1) is 13.4. The molecule has 0 atom stereocenters. The zero-order chi connectivity index (χ0) is 12.5. The van der Waals surface area contributed by atoms with Crippen LogP contribution < -0.4 is 0 Å². The Balaban J connectivity index is 2.44. The Morgan fingerprint density at radius 3 is 2.53 bits per heavy atom. The molecule has 0 fully saturated rings. The molecule has 0 unspecified atom stereocenters. The summed E-state index contributed by atoms with van der Waals surface area (Å²) in [6, 6.07) is 7.44. The van der Waals surface area contributed by atoms with Crippen molar-refractivity contribution < 1.29 is 14.3 Å². The molecule has 0 saturated carbocycles. The van der Waals surface area contributed by atoms with Crippen molar-refractivity contribution in [2.75, 3.05) is 6.61 Å². The maximum atomic E-state index is 11.4. The Bertz CT molecular complexity index is 354. The van der Waals surface area contributed by atoms with Gasteiger partial charge < -0.3 is 9.53 Å². The van der Waals surface area contributed by atoms with Gasteiger partial charge >= 0.3 is 5.97 Å². The third-order valence-corrected chi connectivity index (χ3v) is 2.50. The van der Waals surface area contributed by atoms with Gasteiger partial charge in [-0.25, -0.2) is 4.79 Å². The number of rotatable bonds is 7. The van der Waals surface area contributed by atoms with Crippen LogP contribution in [0.2, 0.25) is 0 Å². The van der Waals surface area contributed by atoms with Crippen molar-refractivity contribution >= 4 is 12.3 Å². The third kappa shape index (κ3) is 4.81. The highest BCUT2D eigenvalue weighted by atomic mass is 16.5. The number of carbonyl (C=O) groups is 2. The number of hydrogen-bond donors (Lipinski definition) is 0. The van der Waals surface area contributed by atoms with Crippen LogP contribution in [-0.4, -0.2) is 18.9 Å². The second-order valence-electron chi connectivity index (χ2n) is 3.83. The lowest BCUT2D eigenvalue weighted by atomic mass is 10.1. The molecule has 0 aliphatic rings. The highest BCUT2D eigenvalue weighted by Gasteiger charge is 2.05. The van der Waals surface area contributed by atoms with Gasteiger partial charge in [0.05, 0.1) is 12.2 Å². The number of ether oxygens (including phenoxy) is 1. The first-order valence-corrected chi connectivity index (χ1v) is 5.97. The molecule has 1 aromatic carbocycles. The Hall–Kier alpha value is -1.64. The molecule has 92 valence electrons. The molecule has 0 aliphatic heterocycles. The molecule has 0 spiro atoms. The van der Waals surface area contributed by atoms with E-state index in [2.05, 4.69) is 0 Å². The van der Waals surface area contributed by atoms with Gasteiger partial charge in [-0.1, -0.05) is 12.1 Å². The molecule has 0 aliphatic carbocycles. The molecule has 1 aromatic rings. The zero-order valence-corrected chi connectivity index (χ0v) is 10.1. The predicted molar refractivity (Wildman–Crippen MR) is 66.0 cm³/mol. The molecule has 1 rings (SSSR count). The molecule has 0 amide bonds. The fraction of sp³-hybridized carbons (Fsp3) is 0.429. The first-order valence-electron chi connectivity index (χ1n) is 5.97. The summed E-state index contributed by atoms with van der Waals surface area (Å²) in [5.41, 5.74) is 1.77. The smallest absolute Gasteiger partial charge is 0.338 e. The lowest BCUT2D eigenvalue weighted by Crippen LogP contribution is -2.04. The van der Waals surface area contributed by atoms with Crippen molar-refractivity contribution in [2.45, 2.75) is 32.6 Å². The average molecular weight is 234 g/mol. The minimum atomic E-state index is -0.278. The fourth-order valence-corrected chi connectivity index (χ4v) is 1.58. The van der Waals surface area contributed by atoms with Crippen LogP contribution in [0.5, 0.6) is 0 Å². The van der Waals surface area contributed by atoms with Crippen LogP contribution in [-0.2, 0) is 16.0 Å². The van der Waals surface area contributed by atoms with Crippen molar-refractivity contribution in [3.05, 3.63) is 35.4 Å². The maximum absolute atomic E-state index is 11.4. The van der Waals surface area contributed by atoms with Crippen molar-refractivity contribution in [1.82, 2.24) is 0 Å². The van der Waals surface area contributed by atoms with E-state index in [0.717, 1.165) is 25.5 Å². The van der Waals surface area contributed by atoms with Crippen molar-refractivity contribution in [1.29, 1.82) is 0 Å². The van der Waals surface area contributed by atoms with Gasteiger partial charge in [-0.2, -0.15) is 0 Å². The Labute approximate surface area is 102 Å². The summed E-state index contributed by atoms with van der Waals surface area (Å²) in [6.45, 7) is 2.19. The van der Waals surface area contributed by atoms with Crippen LogP contribution >= 0.6 is 0 Å². The molecule has 0 N–H and O–H groups in total. The molecule has 3 heteroatoms. The summed E-state index contributed by atoms with van der Waals surface area (Å²) < 4.78 is 4.90. The molecule has 0 saturated heterocycles. The van der Waals surface area contributed by atoms with Crippen LogP contribution in [0.4, 0.5) is 0 Å². The van der Waals surface area contributed by atoms with Crippen molar-refractivity contribution in [2.24, 2.45) is 0 Å². The number of hydrogen-bond acceptors (Lipinski definition) is 3. The fourth-order valence-electron chi connectivity index (χ4n) is 1.58. The zero-order valence-electron chi connectivity index (χ0n) is 10.1. The number of unbranched alkanes of at least 4 members (excludes halogenated alkanes) is 2. The highest BCUT2D eigenvalue weighted by Crippen LogP contribution is 2.09. The van der Waals surface area contributed by atoms with Gasteiger partial charge in [0.15, 0.2) is 0 Å².